The van der Waals surface area contributed by atoms with Crippen LogP contribution in [0.15, 0.2) is 48.5 Å². The SMILES string of the molecule is COc1ccc(-c2ccc(CNC(C)C(N)=O)cc2)cc1.CS(=O)(=O)O. The predicted octanol–water partition coefficient (Wildman–Crippen LogP) is 1.83. The summed E-state index contributed by atoms with van der Waals surface area (Å²) in [5.74, 6) is 0.505. The van der Waals surface area contributed by atoms with E-state index in [9.17, 15) is 13.2 Å². The molecular formula is C18H24N2O5S. The molecular weight excluding hydrogens is 356 g/mol. The number of rotatable bonds is 6. The second-order valence-electron chi connectivity index (χ2n) is 5.66. The van der Waals surface area contributed by atoms with Gasteiger partial charge >= 0.3 is 0 Å². The van der Waals surface area contributed by atoms with Crippen molar-refractivity contribution in [3.05, 3.63) is 54.1 Å². The number of nitrogens with one attached hydrogen (secondary N) is 1. The molecule has 1 atom stereocenters. The van der Waals surface area contributed by atoms with Gasteiger partial charge in [-0.25, -0.2) is 0 Å². The fourth-order valence-electron chi connectivity index (χ4n) is 1.97. The first-order valence-electron chi connectivity index (χ1n) is 7.78. The summed E-state index contributed by atoms with van der Waals surface area (Å²) in [5, 5.41) is 3.08. The normalized spacial score (nSPS) is 11.8. The lowest BCUT2D eigenvalue weighted by Gasteiger charge is -2.10. The molecule has 4 N–H and O–H groups in total. The quantitative estimate of drug-likeness (QED) is 0.658. The van der Waals surface area contributed by atoms with Crippen LogP contribution >= 0.6 is 0 Å². The fraction of sp³-hybridized carbons (Fsp3) is 0.278. The Balaban J connectivity index is 0.000000597. The van der Waals surface area contributed by atoms with E-state index in [0.717, 1.165) is 22.4 Å². The molecule has 2 aromatic carbocycles. The number of benzene rings is 2. The number of nitrogens with two attached hydrogens (primary N) is 1. The smallest absolute Gasteiger partial charge is 0.261 e. The maximum absolute atomic E-state index is 11.0. The largest absolute Gasteiger partial charge is 0.497 e. The lowest BCUT2D eigenvalue weighted by atomic mass is 10.0. The highest BCUT2D eigenvalue weighted by molar-refractivity contribution is 7.85. The maximum atomic E-state index is 11.0. The monoisotopic (exact) mass is 380 g/mol. The summed E-state index contributed by atoms with van der Waals surface area (Å²) in [6, 6.07) is 15.8. The molecule has 0 bridgehead atoms. The van der Waals surface area contributed by atoms with Crippen LogP contribution in [0.1, 0.15) is 12.5 Å². The summed E-state index contributed by atoms with van der Waals surface area (Å²) in [5.41, 5.74) is 8.61. The van der Waals surface area contributed by atoms with E-state index in [4.69, 9.17) is 15.0 Å². The first-order chi connectivity index (χ1) is 12.1. The first-order valence-corrected chi connectivity index (χ1v) is 9.63. The Bertz CT molecular complexity index is 794. The van der Waals surface area contributed by atoms with Gasteiger partial charge in [-0.1, -0.05) is 36.4 Å². The summed E-state index contributed by atoms with van der Waals surface area (Å²) in [7, 11) is -2.01. The lowest BCUT2D eigenvalue weighted by molar-refractivity contribution is -0.119. The van der Waals surface area contributed by atoms with Crippen molar-refractivity contribution in [2.75, 3.05) is 13.4 Å². The molecule has 0 radical (unpaired) electrons. The van der Waals surface area contributed by atoms with E-state index in [1.807, 2.05) is 36.4 Å². The third-order valence-corrected chi connectivity index (χ3v) is 3.42. The highest BCUT2D eigenvalue weighted by Gasteiger charge is 2.07. The van der Waals surface area contributed by atoms with Gasteiger partial charge in [0.2, 0.25) is 5.91 Å². The van der Waals surface area contributed by atoms with E-state index < -0.39 is 10.1 Å². The zero-order chi connectivity index (χ0) is 19.7. The molecule has 26 heavy (non-hydrogen) atoms. The third kappa shape index (κ3) is 8.61. The van der Waals surface area contributed by atoms with Gasteiger partial charge in [0.25, 0.3) is 10.1 Å². The highest BCUT2D eigenvalue weighted by atomic mass is 32.2. The molecule has 0 spiro atoms. The van der Waals surface area contributed by atoms with Crippen LogP contribution < -0.4 is 15.8 Å². The number of carbonyl (C=O) groups excluding carboxylic acids is 1. The molecule has 0 heterocycles. The van der Waals surface area contributed by atoms with E-state index in [-0.39, 0.29) is 11.9 Å². The van der Waals surface area contributed by atoms with Crippen LogP contribution in [-0.2, 0) is 21.5 Å². The van der Waals surface area contributed by atoms with Gasteiger partial charge in [-0.2, -0.15) is 8.42 Å². The average molecular weight is 380 g/mol. The minimum atomic E-state index is -3.67. The number of primary amides is 1. The average Bonchev–Trinajstić information content (AvgIpc) is 2.58. The van der Waals surface area contributed by atoms with Gasteiger partial charge in [0.05, 0.1) is 19.4 Å². The summed E-state index contributed by atoms with van der Waals surface area (Å²) < 4.78 is 31.0. The molecule has 7 nitrogen and oxygen atoms in total. The van der Waals surface area contributed by atoms with Gasteiger partial charge in [-0.15, -0.1) is 0 Å². The Morgan fingerprint density at radius 3 is 1.92 bits per heavy atom. The zero-order valence-electron chi connectivity index (χ0n) is 15.0. The maximum Gasteiger partial charge on any atom is 0.261 e. The number of carbonyl (C=O) groups is 1. The number of amides is 1. The van der Waals surface area contributed by atoms with Crippen molar-refractivity contribution in [3.63, 3.8) is 0 Å². The van der Waals surface area contributed by atoms with Crippen LogP contribution in [0.3, 0.4) is 0 Å². The van der Waals surface area contributed by atoms with Gasteiger partial charge in [0, 0.05) is 6.54 Å². The molecule has 142 valence electrons. The first kappa shape index (κ1) is 21.6. The van der Waals surface area contributed by atoms with Crippen LogP contribution in [0.2, 0.25) is 0 Å². The summed E-state index contributed by atoms with van der Waals surface area (Å²) in [6.45, 7) is 2.38. The van der Waals surface area contributed by atoms with Crippen molar-refractivity contribution in [2.45, 2.75) is 19.5 Å². The van der Waals surface area contributed by atoms with Crippen molar-refractivity contribution in [1.82, 2.24) is 5.32 Å². The molecule has 2 aromatic rings. The van der Waals surface area contributed by atoms with E-state index in [2.05, 4.69) is 17.4 Å². The van der Waals surface area contributed by atoms with E-state index in [1.165, 1.54) is 0 Å². The van der Waals surface area contributed by atoms with Crippen LogP contribution in [0.5, 0.6) is 5.75 Å². The molecule has 0 fully saturated rings. The van der Waals surface area contributed by atoms with Crippen molar-refractivity contribution in [2.24, 2.45) is 5.73 Å². The molecule has 0 aliphatic heterocycles. The Hall–Kier alpha value is -2.42. The van der Waals surface area contributed by atoms with Gasteiger partial charge < -0.3 is 15.8 Å². The number of hydrogen-bond acceptors (Lipinski definition) is 5. The molecule has 0 saturated carbocycles. The van der Waals surface area contributed by atoms with Crippen molar-refractivity contribution in [3.8, 4) is 16.9 Å². The van der Waals surface area contributed by atoms with Crippen molar-refractivity contribution < 1.29 is 22.5 Å². The molecule has 1 amide bonds. The van der Waals surface area contributed by atoms with Gasteiger partial charge in [-0.05, 0) is 35.7 Å². The second-order valence-corrected chi connectivity index (χ2v) is 7.13. The second kappa shape index (κ2) is 9.91. The molecule has 0 aliphatic rings. The Kier molecular flexibility index (Phi) is 8.24. The van der Waals surface area contributed by atoms with Gasteiger partial charge in [0.15, 0.2) is 0 Å². The van der Waals surface area contributed by atoms with Crippen LogP contribution in [-0.4, -0.2) is 38.3 Å². The summed E-state index contributed by atoms with van der Waals surface area (Å²) in [6.07, 6.45) is 0.715. The van der Waals surface area contributed by atoms with E-state index >= 15 is 0 Å². The standard InChI is InChI=1S/C17H20N2O2.CH4O3S/c1-12(17(18)20)19-11-13-3-5-14(6-4-13)15-7-9-16(21-2)10-8-15;1-5(2,3)4/h3-10,12,19H,11H2,1-2H3,(H2,18,20);1H3,(H,2,3,4). The number of methoxy groups -OCH3 is 1. The molecule has 0 aliphatic carbocycles. The van der Waals surface area contributed by atoms with Gasteiger partial charge in [0.1, 0.15) is 5.75 Å². The van der Waals surface area contributed by atoms with Crippen molar-refractivity contribution in [1.29, 1.82) is 0 Å². The fourth-order valence-corrected chi connectivity index (χ4v) is 1.97. The highest BCUT2D eigenvalue weighted by Crippen LogP contribution is 2.22. The summed E-state index contributed by atoms with van der Waals surface area (Å²) in [4.78, 5) is 11.0. The topological polar surface area (TPSA) is 119 Å². The van der Waals surface area contributed by atoms with Crippen LogP contribution in [0, 0.1) is 0 Å². The summed E-state index contributed by atoms with van der Waals surface area (Å²) >= 11 is 0. The Labute approximate surface area is 153 Å². The molecule has 0 saturated heterocycles. The van der Waals surface area contributed by atoms with E-state index in [1.54, 1.807) is 14.0 Å². The number of ether oxygens (including phenoxy) is 1. The molecule has 8 heteroatoms. The minimum Gasteiger partial charge on any atom is -0.497 e. The Morgan fingerprint density at radius 1 is 1.12 bits per heavy atom. The van der Waals surface area contributed by atoms with Crippen LogP contribution in [0.4, 0.5) is 0 Å². The molecule has 2 rings (SSSR count). The van der Waals surface area contributed by atoms with E-state index in [0.29, 0.717) is 12.8 Å². The third-order valence-electron chi connectivity index (χ3n) is 3.42. The predicted molar refractivity (Wildman–Crippen MR) is 101 cm³/mol. The number of hydrogen-bond donors (Lipinski definition) is 3. The lowest BCUT2D eigenvalue weighted by Crippen LogP contribution is -2.38. The zero-order valence-corrected chi connectivity index (χ0v) is 15.8. The van der Waals surface area contributed by atoms with Gasteiger partial charge in [-0.3, -0.25) is 9.35 Å². The van der Waals surface area contributed by atoms with Crippen molar-refractivity contribution >= 4 is 16.0 Å². The molecule has 1 unspecified atom stereocenters. The molecule has 0 aromatic heterocycles. The van der Waals surface area contributed by atoms with Crippen LogP contribution in [0.25, 0.3) is 11.1 Å². The minimum absolute atomic E-state index is 0.328. The Morgan fingerprint density at radius 2 is 1.54 bits per heavy atom.